The molecule has 3 rings (SSSR count). The Morgan fingerprint density at radius 2 is 1.06 bits per heavy atom. The highest BCUT2D eigenvalue weighted by Gasteiger charge is 2.22. The maximum atomic E-state index is 13.0. The van der Waals surface area contributed by atoms with Crippen molar-refractivity contribution in [2.45, 2.75) is 63.3 Å². The van der Waals surface area contributed by atoms with Crippen LogP contribution in [-0.4, -0.2) is 43.2 Å². The third kappa shape index (κ3) is 13.8. The van der Waals surface area contributed by atoms with E-state index in [0.717, 1.165) is 0 Å². The normalized spacial score (nSPS) is 10.0. The number of carbonyl (C=O) groups excluding carboxylic acids is 5. The lowest BCUT2D eigenvalue weighted by Crippen LogP contribution is -2.18. The summed E-state index contributed by atoms with van der Waals surface area (Å²) in [6.07, 6.45) is 0. The summed E-state index contributed by atoms with van der Waals surface area (Å²) in [6.45, 7) is 16.1. The summed E-state index contributed by atoms with van der Waals surface area (Å²) in [6, 6.07) is 16.9. The van der Waals surface area contributed by atoms with Crippen molar-refractivity contribution in [1.29, 1.82) is 0 Å². The van der Waals surface area contributed by atoms with Gasteiger partial charge in [0.1, 0.15) is 23.0 Å². The van der Waals surface area contributed by atoms with E-state index in [-0.39, 0.29) is 77.1 Å². The van der Waals surface area contributed by atoms with Gasteiger partial charge in [0.2, 0.25) is 13.6 Å². The molecule has 0 aliphatic rings. The van der Waals surface area contributed by atoms with Crippen LogP contribution < -0.4 is 18.9 Å². The van der Waals surface area contributed by atoms with Crippen LogP contribution in [0, 0.1) is 0 Å². The summed E-state index contributed by atoms with van der Waals surface area (Å²) in [4.78, 5) is 61.1. The molecule has 0 bridgehead atoms. The average molecular weight is 707 g/mol. The van der Waals surface area contributed by atoms with E-state index in [9.17, 15) is 24.0 Å². The van der Waals surface area contributed by atoms with Gasteiger partial charge < -0.3 is 28.4 Å². The van der Waals surface area contributed by atoms with Gasteiger partial charge in [-0.05, 0) is 81.3 Å². The Morgan fingerprint density at radius 3 is 1.51 bits per heavy atom. The largest absolute Gasteiger partial charge is 0.457 e. The average Bonchev–Trinajstić information content (AvgIpc) is 3.04. The van der Waals surface area contributed by atoms with E-state index in [2.05, 4.69) is 19.7 Å². The second-order valence-electron chi connectivity index (χ2n) is 10.3. The van der Waals surface area contributed by atoms with Gasteiger partial charge in [0, 0.05) is 11.1 Å². The molecule has 0 saturated carbocycles. The maximum Gasteiger partial charge on any atom is 0.343 e. The summed E-state index contributed by atoms with van der Waals surface area (Å²) in [7, 11) is 0. The molecule has 0 radical (unpaired) electrons. The molecule has 11 nitrogen and oxygen atoms in total. The fourth-order valence-corrected chi connectivity index (χ4v) is 3.71. The van der Waals surface area contributed by atoms with Crippen molar-refractivity contribution in [3.63, 3.8) is 0 Å². The SMILES string of the molecule is C.C.C.C.C=C(C)C(=O)OCOc1ccc(C(=C)C(=O)Oc2ccc(OC(=O)C(C)c3ccc(OCOC(=O)C(=C)C)cc3)c(C(C)=O)c2)cc1. The van der Waals surface area contributed by atoms with Gasteiger partial charge in [0.25, 0.3) is 0 Å². The van der Waals surface area contributed by atoms with E-state index in [4.69, 9.17) is 28.4 Å². The van der Waals surface area contributed by atoms with Crippen molar-refractivity contribution in [1.82, 2.24) is 0 Å². The highest BCUT2D eigenvalue weighted by atomic mass is 16.7. The molecule has 11 heteroatoms. The van der Waals surface area contributed by atoms with Gasteiger partial charge in [-0.3, -0.25) is 9.59 Å². The van der Waals surface area contributed by atoms with Crippen LogP contribution in [0.2, 0.25) is 0 Å². The molecule has 0 N–H and O–H groups in total. The highest BCUT2D eigenvalue weighted by molar-refractivity contribution is 6.16. The van der Waals surface area contributed by atoms with Crippen LogP contribution in [-0.2, 0) is 28.7 Å². The number of benzene rings is 3. The van der Waals surface area contributed by atoms with Gasteiger partial charge in [-0.25, -0.2) is 14.4 Å². The third-order valence-electron chi connectivity index (χ3n) is 6.46. The van der Waals surface area contributed by atoms with Gasteiger partial charge in [-0.2, -0.15) is 0 Å². The quantitative estimate of drug-likeness (QED) is 0.0493. The van der Waals surface area contributed by atoms with Crippen LogP contribution in [0.1, 0.15) is 84.8 Å². The lowest BCUT2D eigenvalue weighted by atomic mass is 10.0. The molecular weight excluding hydrogens is 656 g/mol. The molecule has 0 spiro atoms. The van der Waals surface area contributed by atoms with Crippen molar-refractivity contribution in [3.05, 3.63) is 114 Å². The van der Waals surface area contributed by atoms with Crippen molar-refractivity contribution < 1.29 is 52.4 Å². The van der Waals surface area contributed by atoms with Crippen LogP contribution in [0.4, 0.5) is 0 Å². The molecule has 1 atom stereocenters. The van der Waals surface area contributed by atoms with Crippen LogP contribution in [0.15, 0.2) is 97.6 Å². The number of carbonyl (C=O) groups is 5. The fourth-order valence-electron chi connectivity index (χ4n) is 3.71. The van der Waals surface area contributed by atoms with Crippen molar-refractivity contribution >= 4 is 35.2 Å². The molecule has 0 heterocycles. The van der Waals surface area contributed by atoms with Crippen LogP contribution in [0.25, 0.3) is 5.57 Å². The lowest BCUT2D eigenvalue weighted by molar-refractivity contribution is -0.146. The van der Waals surface area contributed by atoms with Gasteiger partial charge >= 0.3 is 23.9 Å². The lowest BCUT2D eigenvalue weighted by Gasteiger charge is -2.15. The van der Waals surface area contributed by atoms with E-state index < -0.39 is 35.6 Å². The van der Waals surface area contributed by atoms with E-state index in [0.29, 0.717) is 22.6 Å². The first-order valence-electron chi connectivity index (χ1n) is 14.2. The predicted molar refractivity (Wildman–Crippen MR) is 198 cm³/mol. The Kier molecular flexibility index (Phi) is 20.2. The molecule has 51 heavy (non-hydrogen) atoms. The van der Waals surface area contributed by atoms with Gasteiger partial charge in [-0.15, -0.1) is 0 Å². The Morgan fingerprint density at radius 1 is 0.608 bits per heavy atom. The van der Waals surface area contributed by atoms with Gasteiger partial charge in [0.05, 0.1) is 17.1 Å². The first-order chi connectivity index (χ1) is 22.3. The van der Waals surface area contributed by atoms with Crippen molar-refractivity contribution in [2.24, 2.45) is 0 Å². The molecule has 0 saturated heterocycles. The van der Waals surface area contributed by atoms with E-state index in [1.807, 2.05) is 0 Å². The second kappa shape index (κ2) is 21.9. The van der Waals surface area contributed by atoms with Crippen LogP contribution in [0.5, 0.6) is 23.0 Å². The molecule has 0 aliphatic carbocycles. The number of esters is 4. The molecule has 0 aromatic heterocycles. The monoisotopic (exact) mass is 706 g/mol. The topological polar surface area (TPSA) is 141 Å². The summed E-state index contributed by atoms with van der Waals surface area (Å²) in [5, 5.41) is 0. The molecule has 3 aromatic carbocycles. The van der Waals surface area contributed by atoms with Gasteiger partial charge in [-0.1, -0.05) is 73.7 Å². The summed E-state index contributed by atoms with van der Waals surface area (Å²) >= 11 is 0. The molecule has 0 fully saturated rings. The maximum absolute atomic E-state index is 13.0. The summed E-state index contributed by atoms with van der Waals surface area (Å²) in [5.74, 6) is -2.85. The zero-order valence-corrected chi connectivity index (χ0v) is 26.5. The molecule has 1 unspecified atom stereocenters. The summed E-state index contributed by atoms with van der Waals surface area (Å²) < 4.78 is 31.5. The molecule has 0 amide bonds. The number of hydrogen-bond donors (Lipinski definition) is 0. The molecule has 276 valence electrons. The van der Waals surface area contributed by atoms with E-state index >= 15 is 0 Å². The third-order valence-corrected chi connectivity index (χ3v) is 6.46. The van der Waals surface area contributed by atoms with E-state index in [1.165, 1.54) is 39.0 Å². The highest BCUT2D eigenvalue weighted by Crippen LogP contribution is 2.29. The van der Waals surface area contributed by atoms with Crippen LogP contribution >= 0.6 is 0 Å². The zero-order chi connectivity index (χ0) is 34.7. The first kappa shape index (κ1) is 47.1. The smallest absolute Gasteiger partial charge is 0.343 e. The zero-order valence-electron chi connectivity index (χ0n) is 26.5. The minimum absolute atomic E-state index is 0. The van der Waals surface area contributed by atoms with E-state index in [1.54, 1.807) is 55.5 Å². The Labute approximate surface area is 301 Å². The Hall–Kier alpha value is -5.97. The molecule has 3 aromatic rings. The number of ether oxygens (including phenoxy) is 6. The standard InChI is InChI=1S/C36H34O11.4CH4/c1-21(2)33(38)44-19-42-28-12-8-26(9-13-28)23(5)35(40)46-30-16-17-32(31(18-30)25(7)37)47-36(41)24(6)27-10-14-29(15-11-27)43-20-45-34(39)22(3)4;;;;/h8-18,24H,1,3,5,19-20H2,2,4,6-7H3;4*1H4. The van der Waals surface area contributed by atoms with Crippen molar-refractivity contribution in [2.75, 3.05) is 13.6 Å². The first-order valence-corrected chi connectivity index (χ1v) is 14.2. The second-order valence-corrected chi connectivity index (χ2v) is 10.3. The van der Waals surface area contributed by atoms with Gasteiger partial charge in [0.15, 0.2) is 5.78 Å². The van der Waals surface area contributed by atoms with Crippen molar-refractivity contribution in [3.8, 4) is 23.0 Å². The number of ketones is 1. The van der Waals surface area contributed by atoms with Crippen LogP contribution in [0.3, 0.4) is 0 Å². The Bertz CT molecular complexity index is 1700. The minimum atomic E-state index is -0.775. The fraction of sp³-hybridized carbons (Fsp3) is 0.275. The number of hydrogen-bond acceptors (Lipinski definition) is 11. The number of Topliss-reactive ketones (excluding diaryl/α,β-unsaturated/α-hetero) is 1. The molecule has 0 aliphatic heterocycles. The summed E-state index contributed by atoms with van der Waals surface area (Å²) in [5.41, 5.74) is 1.61. The molecular formula is C40H50O11. The predicted octanol–water partition coefficient (Wildman–Crippen LogP) is 8.67. The minimum Gasteiger partial charge on any atom is -0.457 e. The number of rotatable bonds is 15. The Balaban J connectivity index is 0.